The van der Waals surface area contributed by atoms with Crippen molar-refractivity contribution in [2.45, 2.75) is 13.3 Å². The lowest BCUT2D eigenvalue weighted by Crippen LogP contribution is -1.90. The lowest BCUT2D eigenvalue weighted by molar-refractivity contribution is 0.628. The molecule has 1 nitrogen and oxygen atoms in total. The van der Waals surface area contributed by atoms with Crippen LogP contribution in [-0.4, -0.2) is 0 Å². The maximum atomic E-state index is 12.7. The first-order chi connectivity index (χ1) is 7.78. The summed E-state index contributed by atoms with van der Waals surface area (Å²) in [6, 6.07) is 14.6. The Bertz CT molecular complexity index is 445. The molecule has 0 aromatic heterocycles. The molecule has 0 fully saturated rings. The van der Waals surface area contributed by atoms with E-state index in [1.165, 1.54) is 17.7 Å². The molecule has 0 amide bonds. The Balaban J connectivity index is 2.11. The third kappa shape index (κ3) is 2.60. The number of hydrogen-bond acceptors (Lipinski definition) is 1. The minimum atomic E-state index is -0.216. The zero-order valence-corrected chi connectivity index (χ0v) is 9.20. The molecule has 82 valence electrons. The van der Waals surface area contributed by atoms with Crippen molar-refractivity contribution in [3.8, 4) is 0 Å². The summed E-state index contributed by atoms with van der Waals surface area (Å²) in [7, 11) is 0. The van der Waals surface area contributed by atoms with Crippen molar-refractivity contribution in [3.63, 3.8) is 0 Å². The van der Waals surface area contributed by atoms with Gasteiger partial charge in [0.2, 0.25) is 0 Å². The third-order valence-electron chi connectivity index (χ3n) is 2.50. The Hall–Kier alpha value is -1.83. The molecular weight excluding hydrogens is 201 g/mol. The van der Waals surface area contributed by atoms with Crippen molar-refractivity contribution < 1.29 is 4.39 Å². The van der Waals surface area contributed by atoms with E-state index in [1.54, 1.807) is 12.1 Å². The Morgan fingerprint density at radius 1 is 0.875 bits per heavy atom. The molecule has 0 unspecified atom stereocenters. The topological polar surface area (TPSA) is 12.0 Å². The van der Waals surface area contributed by atoms with Gasteiger partial charge in [-0.15, -0.1) is 0 Å². The highest BCUT2D eigenvalue weighted by Crippen LogP contribution is 2.17. The van der Waals surface area contributed by atoms with Crippen LogP contribution in [0.25, 0.3) is 0 Å². The van der Waals surface area contributed by atoms with Crippen molar-refractivity contribution in [1.82, 2.24) is 0 Å². The number of hydrogen-bond donors (Lipinski definition) is 1. The van der Waals surface area contributed by atoms with E-state index < -0.39 is 0 Å². The van der Waals surface area contributed by atoms with Crippen LogP contribution in [0.15, 0.2) is 48.5 Å². The minimum absolute atomic E-state index is 0.216. The average molecular weight is 215 g/mol. The second-order valence-corrected chi connectivity index (χ2v) is 3.68. The van der Waals surface area contributed by atoms with Crippen LogP contribution < -0.4 is 5.32 Å². The van der Waals surface area contributed by atoms with Gasteiger partial charge in [-0.25, -0.2) is 4.39 Å². The van der Waals surface area contributed by atoms with Crippen molar-refractivity contribution in [2.75, 3.05) is 5.32 Å². The van der Waals surface area contributed by atoms with Crippen LogP contribution in [0.4, 0.5) is 15.8 Å². The summed E-state index contributed by atoms with van der Waals surface area (Å²) in [4.78, 5) is 0. The molecule has 0 atom stereocenters. The molecule has 0 aliphatic carbocycles. The fourth-order valence-electron chi connectivity index (χ4n) is 1.52. The van der Waals surface area contributed by atoms with E-state index >= 15 is 0 Å². The van der Waals surface area contributed by atoms with Crippen LogP contribution in [0, 0.1) is 5.82 Å². The maximum absolute atomic E-state index is 12.7. The Morgan fingerprint density at radius 2 is 1.38 bits per heavy atom. The van der Waals surface area contributed by atoms with E-state index in [4.69, 9.17) is 0 Å². The summed E-state index contributed by atoms with van der Waals surface area (Å²) in [5.41, 5.74) is 3.22. The van der Waals surface area contributed by atoms with Gasteiger partial charge in [-0.1, -0.05) is 19.1 Å². The molecule has 0 radical (unpaired) electrons. The van der Waals surface area contributed by atoms with E-state index in [0.717, 1.165) is 17.8 Å². The van der Waals surface area contributed by atoms with Crippen LogP contribution in [0.2, 0.25) is 0 Å². The summed E-state index contributed by atoms with van der Waals surface area (Å²) >= 11 is 0. The second-order valence-electron chi connectivity index (χ2n) is 3.68. The highest BCUT2D eigenvalue weighted by molar-refractivity contribution is 5.59. The maximum Gasteiger partial charge on any atom is 0.123 e. The minimum Gasteiger partial charge on any atom is -0.356 e. The standard InChI is InChI=1S/C14H14FN/c1-2-11-3-7-13(8-4-11)16-14-9-5-12(15)6-10-14/h3-10,16H,2H2,1H3. The van der Waals surface area contributed by atoms with E-state index in [2.05, 4.69) is 24.4 Å². The predicted molar refractivity (Wildman–Crippen MR) is 65.5 cm³/mol. The number of halogens is 1. The number of benzene rings is 2. The molecule has 0 heterocycles. The molecule has 0 saturated heterocycles. The smallest absolute Gasteiger partial charge is 0.123 e. The molecule has 2 heteroatoms. The zero-order chi connectivity index (χ0) is 11.4. The van der Waals surface area contributed by atoms with Gasteiger partial charge in [-0.2, -0.15) is 0 Å². The van der Waals surface area contributed by atoms with Crippen LogP contribution in [0.5, 0.6) is 0 Å². The first-order valence-electron chi connectivity index (χ1n) is 5.39. The zero-order valence-electron chi connectivity index (χ0n) is 9.20. The van der Waals surface area contributed by atoms with Crippen LogP contribution in [0.1, 0.15) is 12.5 Å². The van der Waals surface area contributed by atoms with Gasteiger partial charge in [-0.3, -0.25) is 0 Å². The number of rotatable bonds is 3. The van der Waals surface area contributed by atoms with Gasteiger partial charge in [0, 0.05) is 11.4 Å². The van der Waals surface area contributed by atoms with Crippen molar-refractivity contribution >= 4 is 11.4 Å². The summed E-state index contributed by atoms with van der Waals surface area (Å²) < 4.78 is 12.7. The summed E-state index contributed by atoms with van der Waals surface area (Å²) in [5, 5.41) is 3.22. The molecule has 0 aliphatic heterocycles. The summed E-state index contributed by atoms with van der Waals surface area (Å²) in [5.74, 6) is -0.216. The van der Waals surface area contributed by atoms with Crippen LogP contribution in [-0.2, 0) is 6.42 Å². The van der Waals surface area contributed by atoms with Gasteiger partial charge in [-0.05, 0) is 48.4 Å². The SMILES string of the molecule is CCc1ccc(Nc2ccc(F)cc2)cc1. The molecular formula is C14H14FN. The molecule has 16 heavy (non-hydrogen) atoms. The van der Waals surface area contributed by atoms with Gasteiger partial charge in [0.15, 0.2) is 0 Å². The monoisotopic (exact) mass is 215 g/mol. The Kier molecular flexibility index (Phi) is 3.20. The quantitative estimate of drug-likeness (QED) is 0.811. The average Bonchev–Trinajstić information content (AvgIpc) is 2.33. The van der Waals surface area contributed by atoms with Crippen LogP contribution in [0.3, 0.4) is 0 Å². The lowest BCUT2D eigenvalue weighted by Gasteiger charge is -2.06. The summed E-state index contributed by atoms with van der Waals surface area (Å²) in [6.07, 6.45) is 1.04. The number of aryl methyl sites for hydroxylation is 1. The van der Waals surface area contributed by atoms with E-state index in [9.17, 15) is 4.39 Å². The third-order valence-corrected chi connectivity index (χ3v) is 2.50. The molecule has 0 aliphatic rings. The first-order valence-corrected chi connectivity index (χ1v) is 5.39. The van der Waals surface area contributed by atoms with Gasteiger partial charge < -0.3 is 5.32 Å². The molecule has 2 aromatic rings. The van der Waals surface area contributed by atoms with Gasteiger partial charge in [0.05, 0.1) is 0 Å². The fraction of sp³-hybridized carbons (Fsp3) is 0.143. The fourth-order valence-corrected chi connectivity index (χ4v) is 1.52. The van der Waals surface area contributed by atoms with E-state index in [-0.39, 0.29) is 5.82 Å². The van der Waals surface area contributed by atoms with Crippen molar-refractivity contribution in [3.05, 3.63) is 59.9 Å². The highest BCUT2D eigenvalue weighted by Gasteiger charge is 1.95. The Labute approximate surface area is 94.9 Å². The van der Waals surface area contributed by atoms with Crippen molar-refractivity contribution in [2.24, 2.45) is 0 Å². The largest absolute Gasteiger partial charge is 0.356 e. The van der Waals surface area contributed by atoms with E-state index in [1.807, 2.05) is 12.1 Å². The number of nitrogens with one attached hydrogen (secondary N) is 1. The summed E-state index contributed by atoms with van der Waals surface area (Å²) in [6.45, 7) is 2.13. The molecule has 0 spiro atoms. The van der Waals surface area contributed by atoms with Crippen molar-refractivity contribution in [1.29, 1.82) is 0 Å². The van der Waals surface area contributed by atoms with Gasteiger partial charge in [0.25, 0.3) is 0 Å². The number of anilines is 2. The molecule has 2 rings (SSSR count). The molecule has 1 N–H and O–H groups in total. The predicted octanol–water partition coefficient (Wildman–Crippen LogP) is 4.13. The normalized spacial score (nSPS) is 10.1. The molecule has 0 bridgehead atoms. The van der Waals surface area contributed by atoms with Crippen LogP contribution >= 0.6 is 0 Å². The lowest BCUT2D eigenvalue weighted by atomic mass is 10.1. The van der Waals surface area contributed by atoms with E-state index in [0.29, 0.717) is 0 Å². The highest BCUT2D eigenvalue weighted by atomic mass is 19.1. The molecule has 0 saturated carbocycles. The van der Waals surface area contributed by atoms with Gasteiger partial charge >= 0.3 is 0 Å². The Morgan fingerprint density at radius 3 is 1.88 bits per heavy atom. The molecule has 2 aromatic carbocycles. The second kappa shape index (κ2) is 4.79. The van der Waals surface area contributed by atoms with Gasteiger partial charge in [0.1, 0.15) is 5.82 Å². The first kappa shape index (κ1) is 10.7.